The van der Waals surface area contributed by atoms with E-state index < -0.39 is 67.6 Å². The van der Waals surface area contributed by atoms with Gasteiger partial charge < -0.3 is 30.2 Å². The van der Waals surface area contributed by atoms with E-state index in [4.69, 9.17) is 37.6 Å². The van der Waals surface area contributed by atoms with Crippen LogP contribution in [0, 0.1) is 5.92 Å². The lowest BCUT2D eigenvalue weighted by atomic mass is 9.63. The second-order valence-corrected chi connectivity index (χ2v) is 8.55. The molecule has 4 N–H and O–H groups in total. The van der Waals surface area contributed by atoms with Gasteiger partial charge in [-0.15, -0.1) is 0 Å². The summed E-state index contributed by atoms with van der Waals surface area (Å²) < 4.78 is 10.5. The largest absolute Gasteiger partial charge is 0.533 e. The molecule has 2 amide bonds. The van der Waals surface area contributed by atoms with Crippen molar-refractivity contribution < 1.29 is 43.5 Å². The predicted octanol–water partition coefficient (Wildman–Crippen LogP) is 1.62. The van der Waals surface area contributed by atoms with Crippen LogP contribution in [0.15, 0.2) is 18.2 Å². The van der Waals surface area contributed by atoms with Crippen molar-refractivity contribution in [2.45, 2.75) is 38.1 Å². The molecule has 3 atom stereocenters. The molecule has 2 unspecified atom stereocenters. The molecule has 1 aromatic rings. The van der Waals surface area contributed by atoms with Gasteiger partial charge in [0.05, 0.1) is 23.6 Å². The molecule has 1 aromatic carbocycles. The summed E-state index contributed by atoms with van der Waals surface area (Å²) in [7, 11) is -1.30. The van der Waals surface area contributed by atoms with Crippen molar-refractivity contribution in [1.82, 2.24) is 10.6 Å². The van der Waals surface area contributed by atoms with E-state index in [0.29, 0.717) is 5.02 Å². The van der Waals surface area contributed by atoms with Gasteiger partial charge in [-0.1, -0.05) is 30.1 Å². The lowest BCUT2D eigenvalue weighted by Crippen LogP contribution is -2.49. The second kappa shape index (κ2) is 12.6. The number of hydrogen-bond donors (Lipinski definition) is 4. The molecular weight excluding hydrogens is 494 g/mol. The van der Waals surface area contributed by atoms with Crippen LogP contribution in [-0.4, -0.2) is 66.2 Å². The van der Waals surface area contributed by atoms with E-state index >= 15 is 0 Å². The first kappa shape index (κ1) is 27.4. The maximum atomic E-state index is 12.3. The minimum Gasteiger partial charge on any atom is -0.509 e. The van der Waals surface area contributed by atoms with Gasteiger partial charge in [-0.05, 0) is 30.5 Å². The lowest BCUT2D eigenvalue weighted by Gasteiger charge is -2.32. The van der Waals surface area contributed by atoms with Crippen molar-refractivity contribution in [2.75, 3.05) is 13.1 Å². The number of rotatable bonds is 11. The topological polar surface area (TPSA) is 168 Å². The van der Waals surface area contributed by atoms with Crippen LogP contribution in [0.2, 0.25) is 15.9 Å². The Balaban J connectivity index is 2.01. The average Bonchev–Trinajstić information content (AvgIpc) is 2.77. The Morgan fingerprint density at radius 2 is 1.91 bits per heavy atom. The zero-order chi connectivity index (χ0) is 25.4. The van der Waals surface area contributed by atoms with E-state index in [0.717, 1.165) is 0 Å². The zero-order valence-electron chi connectivity index (χ0n) is 18.1. The van der Waals surface area contributed by atoms with Crippen LogP contribution in [-0.2, 0) is 28.5 Å². The first-order chi connectivity index (χ1) is 16.0. The van der Waals surface area contributed by atoms with Gasteiger partial charge in [0, 0.05) is 23.8 Å². The third-order valence-corrected chi connectivity index (χ3v) is 5.75. The summed E-state index contributed by atoms with van der Waals surface area (Å²) in [5.41, 5.74) is 0.0874. The number of carboxylic acid groups (broad SMARTS) is 2. The van der Waals surface area contributed by atoms with E-state index in [1.807, 2.05) is 0 Å². The van der Waals surface area contributed by atoms with E-state index in [2.05, 4.69) is 10.6 Å². The summed E-state index contributed by atoms with van der Waals surface area (Å²) in [6.45, 7) is 1.13. The number of benzene rings is 1. The van der Waals surface area contributed by atoms with Gasteiger partial charge in [-0.3, -0.25) is 19.2 Å². The molecule has 0 radical (unpaired) electrons. The Morgan fingerprint density at radius 1 is 1.21 bits per heavy atom. The van der Waals surface area contributed by atoms with E-state index in [1.54, 1.807) is 6.92 Å². The molecule has 0 aliphatic carbocycles. The molecular formula is C20H23BCl2N2O9. The van der Waals surface area contributed by atoms with Gasteiger partial charge in [-0.2, -0.15) is 0 Å². The smallest absolute Gasteiger partial charge is 0.509 e. The summed E-state index contributed by atoms with van der Waals surface area (Å²) in [5, 5.41) is 23.6. The molecule has 14 heteroatoms. The number of carbonyl (C=O) groups is 5. The van der Waals surface area contributed by atoms with Crippen LogP contribution in [0.4, 0.5) is 0 Å². The van der Waals surface area contributed by atoms with E-state index in [-0.39, 0.29) is 30.0 Å². The van der Waals surface area contributed by atoms with Gasteiger partial charge >= 0.3 is 19.1 Å². The molecule has 184 valence electrons. The highest BCUT2D eigenvalue weighted by Crippen LogP contribution is 2.30. The molecule has 0 spiro atoms. The molecule has 0 bridgehead atoms. The maximum absolute atomic E-state index is 12.3. The van der Waals surface area contributed by atoms with Gasteiger partial charge in [-0.25, -0.2) is 4.79 Å². The molecule has 1 fully saturated rings. The summed E-state index contributed by atoms with van der Waals surface area (Å²) >= 11 is 11.8. The fourth-order valence-corrected chi connectivity index (χ4v) is 3.63. The molecule has 1 heterocycles. The molecule has 2 rings (SSSR count). The quantitative estimate of drug-likeness (QED) is 0.319. The number of carboxylic acids is 2. The van der Waals surface area contributed by atoms with Crippen molar-refractivity contribution >= 4 is 60.0 Å². The van der Waals surface area contributed by atoms with Crippen LogP contribution in [0.1, 0.15) is 36.5 Å². The minimum atomic E-state index is -1.42. The number of nitrogens with one attached hydrogen (secondary N) is 2. The van der Waals surface area contributed by atoms with Crippen LogP contribution in [0.25, 0.3) is 0 Å². The summed E-state index contributed by atoms with van der Waals surface area (Å²) in [5.74, 6) is -5.56. The Bertz CT molecular complexity index is 962. The molecule has 0 aromatic heterocycles. The Morgan fingerprint density at radius 3 is 2.56 bits per heavy atom. The lowest BCUT2D eigenvalue weighted by molar-refractivity contribution is -0.157. The number of aliphatic carboxylic acids is 2. The van der Waals surface area contributed by atoms with Crippen molar-refractivity contribution in [1.29, 1.82) is 0 Å². The van der Waals surface area contributed by atoms with E-state index in [9.17, 15) is 29.1 Å². The normalized spacial score (nSPS) is 17.3. The molecule has 1 aliphatic rings. The number of carbonyl (C=O) groups excluding carboxylic acids is 3. The third kappa shape index (κ3) is 8.19. The molecule has 1 saturated heterocycles. The third-order valence-electron chi connectivity index (χ3n) is 5.18. The summed E-state index contributed by atoms with van der Waals surface area (Å²) in [6, 6.07) is 4.30. The highest BCUT2D eigenvalue weighted by Gasteiger charge is 2.45. The monoisotopic (exact) mass is 516 g/mol. The Labute approximate surface area is 205 Å². The zero-order valence-corrected chi connectivity index (χ0v) is 19.6. The Kier molecular flexibility index (Phi) is 10.1. The van der Waals surface area contributed by atoms with Crippen LogP contribution < -0.4 is 10.6 Å². The number of hydrogen-bond acceptors (Lipinski definition) is 7. The van der Waals surface area contributed by atoms with Gasteiger partial charge in [0.15, 0.2) is 6.10 Å². The van der Waals surface area contributed by atoms with Crippen LogP contribution in [0.3, 0.4) is 0 Å². The maximum Gasteiger partial charge on any atom is 0.533 e. The fraction of sp³-hybridized carbons (Fsp3) is 0.450. The van der Waals surface area contributed by atoms with Gasteiger partial charge in [0.2, 0.25) is 5.91 Å². The first-order valence-corrected chi connectivity index (χ1v) is 11.0. The van der Waals surface area contributed by atoms with Crippen molar-refractivity contribution in [3.05, 3.63) is 33.8 Å². The Hall–Kier alpha value is -2.83. The molecule has 34 heavy (non-hydrogen) atoms. The van der Waals surface area contributed by atoms with Gasteiger partial charge in [0.25, 0.3) is 11.9 Å². The SMILES string of the molecule is C[C@H](CCC(=O)O)C(CNC(=O)CNC(=O)c1cc(Cl)ccc1Cl)B1OC(=O)CC(C(=O)O)O1. The summed E-state index contributed by atoms with van der Waals surface area (Å²) in [4.78, 5) is 58.7. The number of halogens is 2. The number of amides is 2. The minimum absolute atomic E-state index is 0.0874. The highest BCUT2D eigenvalue weighted by molar-refractivity contribution is 6.49. The standard InChI is InChI=1S/C20H23BCl2N2O9/c1-10(2-5-17(27)28)13(21-33-15(20(31)32)7-18(29)34-21)8-24-16(26)9-25-19(30)12-6-11(22)3-4-14(12)23/h3-4,6,10,13,15H,2,5,7-9H2,1H3,(H,24,26)(H,25,30)(H,27,28)(H,31,32)/t10-,13?,15?/m1/s1. The molecule has 0 saturated carbocycles. The summed E-state index contributed by atoms with van der Waals surface area (Å²) in [6.07, 6.45) is -1.91. The first-order valence-electron chi connectivity index (χ1n) is 10.3. The predicted molar refractivity (Wildman–Crippen MR) is 121 cm³/mol. The van der Waals surface area contributed by atoms with Crippen molar-refractivity contribution in [3.63, 3.8) is 0 Å². The van der Waals surface area contributed by atoms with Crippen LogP contribution in [0.5, 0.6) is 0 Å². The van der Waals surface area contributed by atoms with Crippen LogP contribution >= 0.6 is 23.2 Å². The van der Waals surface area contributed by atoms with E-state index in [1.165, 1.54) is 18.2 Å². The van der Waals surface area contributed by atoms with Gasteiger partial charge in [0.1, 0.15) is 0 Å². The van der Waals surface area contributed by atoms with Crippen molar-refractivity contribution in [3.8, 4) is 0 Å². The molecule has 11 nitrogen and oxygen atoms in total. The fourth-order valence-electron chi connectivity index (χ4n) is 3.25. The highest BCUT2D eigenvalue weighted by atomic mass is 35.5. The molecule has 1 aliphatic heterocycles. The second-order valence-electron chi connectivity index (χ2n) is 7.71. The average molecular weight is 517 g/mol. The van der Waals surface area contributed by atoms with Crippen molar-refractivity contribution in [2.24, 2.45) is 5.92 Å².